The van der Waals surface area contributed by atoms with Gasteiger partial charge in [0.1, 0.15) is 5.82 Å². The summed E-state index contributed by atoms with van der Waals surface area (Å²) in [5, 5.41) is 10.9. The van der Waals surface area contributed by atoms with Gasteiger partial charge in [-0.1, -0.05) is 0 Å². The van der Waals surface area contributed by atoms with Crippen molar-refractivity contribution in [1.82, 2.24) is 15.1 Å². The molecular formula is C12H20N4O2. The summed E-state index contributed by atoms with van der Waals surface area (Å²) in [6.07, 6.45) is 0. The molecule has 100 valence electrons. The fourth-order valence-electron chi connectivity index (χ4n) is 1.49. The standard InChI is InChI=1S/C12H20N4O2/c1-4-16(5-2)12(17)10-6-7-11(15-14-10)13-8-9-18-3/h6-7H,4-5,8-9H2,1-3H3,(H,13,15). The van der Waals surface area contributed by atoms with Crippen molar-refractivity contribution in [2.45, 2.75) is 13.8 Å². The zero-order chi connectivity index (χ0) is 13.4. The van der Waals surface area contributed by atoms with Crippen LogP contribution in [0.3, 0.4) is 0 Å². The predicted octanol–water partition coefficient (Wildman–Crippen LogP) is 1.02. The lowest BCUT2D eigenvalue weighted by Gasteiger charge is -2.17. The van der Waals surface area contributed by atoms with Gasteiger partial charge in [0, 0.05) is 26.7 Å². The topological polar surface area (TPSA) is 67.4 Å². The quantitative estimate of drug-likeness (QED) is 0.734. The minimum atomic E-state index is -0.0871. The highest BCUT2D eigenvalue weighted by Gasteiger charge is 2.14. The van der Waals surface area contributed by atoms with Gasteiger partial charge in [-0.05, 0) is 26.0 Å². The molecule has 1 rings (SSSR count). The summed E-state index contributed by atoms with van der Waals surface area (Å²) in [5.41, 5.74) is 0.371. The molecule has 0 aromatic carbocycles. The van der Waals surface area contributed by atoms with Crippen LogP contribution in [0.1, 0.15) is 24.3 Å². The molecule has 0 unspecified atom stereocenters. The van der Waals surface area contributed by atoms with Gasteiger partial charge < -0.3 is 15.0 Å². The first-order chi connectivity index (χ1) is 8.72. The molecule has 1 aromatic rings. The second-order valence-corrected chi connectivity index (χ2v) is 3.70. The van der Waals surface area contributed by atoms with Crippen molar-refractivity contribution >= 4 is 11.7 Å². The van der Waals surface area contributed by atoms with Gasteiger partial charge in [0.25, 0.3) is 5.91 Å². The molecule has 0 atom stereocenters. The van der Waals surface area contributed by atoms with Crippen molar-refractivity contribution in [2.75, 3.05) is 38.7 Å². The van der Waals surface area contributed by atoms with E-state index in [9.17, 15) is 4.79 Å². The highest BCUT2D eigenvalue weighted by molar-refractivity contribution is 5.92. The lowest BCUT2D eigenvalue weighted by atomic mass is 10.3. The summed E-state index contributed by atoms with van der Waals surface area (Å²) in [6.45, 7) is 6.48. The lowest BCUT2D eigenvalue weighted by molar-refractivity contribution is 0.0766. The van der Waals surface area contributed by atoms with Crippen molar-refractivity contribution in [1.29, 1.82) is 0 Å². The number of hydrogen-bond donors (Lipinski definition) is 1. The number of methoxy groups -OCH3 is 1. The first-order valence-electron chi connectivity index (χ1n) is 6.08. The molecule has 0 aliphatic carbocycles. The minimum absolute atomic E-state index is 0.0871. The molecule has 1 heterocycles. The van der Waals surface area contributed by atoms with E-state index in [1.54, 1.807) is 24.1 Å². The molecular weight excluding hydrogens is 232 g/mol. The first-order valence-corrected chi connectivity index (χ1v) is 6.08. The van der Waals surface area contributed by atoms with Crippen molar-refractivity contribution in [3.63, 3.8) is 0 Å². The number of amides is 1. The SMILES string of the molecule is CCN(CC)C(=O)c1ccc(NCCOC)nn1. The number of carbonyl (C=O) groups excluding carboxylic acids is 1. The third kappa shape index (κ3) is 3.96. The summed E-state index contributed by atoms with van der Waals surface area (Å²) in [6, 6.07) is 3.43. The van der Waals surface area contributed by atoms with Crippen LogP contribution in [0.4, 0.5) is 5.82 Å². The van der Waals surface area contributed by atoms with Crippen LogP contribution in [0, 0.1) is 0 Å². The second kappa shape index (κ2) is 7.60. The van der Waals surface area contributed by atoms with E-state index in [2.05, 4.69) is 15.5 Å². The van der Waals surface area contributed by atoms with Crippen LogP contribution < -0.4 is 5.32 Å². The van der Waals surface area contributed by atoms with Crippen LogP contribution >= 0.6 is 0 Å². The Morgan fingerprint density at radius 2 is 2.06 bits per heavy atom. The molecule has 0 bridgehead atoms. The monoisotopic (exact) mass is 252 g/mol. The number of nitrogens with zero attached hydrogens (tertiary/aromatic N) is 3. The van der Waals surface area contributed by atoms with E-state index in [-0.39, 0.29) is 5.91 Å². The Morgan fingerprint density at radius 3 is 2.56 bits per heavy atom. The van der Waals surface area contributed by atoms with E-state index in [4.69, 9.17) is 4.74 Å². The average Bonchev–Trinajstić information content (AvgIpc) is 2.41. The van der Waals surface area contributed by atoms with Gasteiger partial charge in [0.15, 0.2) is 5.69 Å². The molecule has 1 aromatic heterocycles. The summed E-state index contributed by atoms with van der Waals surface area (Å²) in [5.74, 6) is 0.555. The molecule has 0 radical (unpaired) electrons. The zero-order valence-corrected chi connectivity index (χ0v) is 11.1. The molecule has 0 saturated carbocycles. The Balaban J connectivity index is 2.61. The lowest BCUT2D eigenvalue weighted by Crippen LogP contribution is -2.31. The van der Waals surface area contributed by atoms with Gasteiger partial charge >= 0.3 is 0 Å². The van der Waals surface area contributed by atoms with Gasteiger partial charge in [0.05, 0.1) is 6.61 Å². The third-order valence-electron chi connectivity index (χ3n) is 2.55. The van der Waals surface area contributed by atoms with Crippen LogP contribution in [0.2, 0.25) is 0 Å². The molecule has 1 N–H and O–H groups in total. The van der Waals surface area contributed by atoms with Crippen molar-refractivity contribution < 1.29 is 9.53 Å². The Labute approximate surface area is 107 Å². The molecule has 1 amide bonds. The molecule has 0 fully saturated rings. The van der Waals surface area contributed by atoms with E-state index in [0.717, 1.165) is 0 Å². The number of rotatable bonds is 7. The Bertz CT molecular complexity index is 363. The smallest absolute Gasteiger partial charge is 0.274 e. The van der Waals surface area contributed by atoms with E-state index >= 15 is 0 Å². The van der Waals surface area contributed by atoms with Gasteiger partial charge in [-0.3, -0.25) is 4.79 Å². The first kappa shape index (κ1) is 14.4. The van der Waals surface area contributed by atoms with Gasteiger partial charge in [-0.15, -0.1) is 10.2 Å². The number of carbonyl (C=O) groups is 1. The number of nitrogens with one attached hydrogen (secondary N) is 1. The fourth-order valence-corrected chi connectivity index (χ4v) is 1.49. The summed E-state index contributed by atoms with van der Waals surface area (Å²) in [4.78, 5) is 13.7. The third-order valence-corrected chi connectivity index (χ3v) is 2.55. The maximum absolute atomic E-state index is 12.0. The average molecular weight is 252 g/mol. The molecule has 0 spiro atoms. The maximum atomic E-state index is 12.0. The van der Waals surface area contributed by atoms with Crippen LogP contribution in [0.25, 0.3) is 0 Å². The highest BCUT2D eigenvalue weighted by Crippen LogP contribution is 2.04. The minimum Gasteiger partial charge on any atom is -0.383 e. The van der Waals surface area contributed by atoms with E-state index in [1.807, 2.05) is 13.8 Å². The number of hydrogen-bond acceptors (Lipinski definition) is 5. The molecule has 0 aliphatic rings. The molecule has 0 saturated heterocycles. The van der Waals surface area contributed by atoms with E-state index < -0.39 is 0 Å². The van der Waals surface area contributed by atoms with E-state index in [0.29, 0.717) is 37.8 Å². The highest BCUT2D eigenvalue weighted by atomic mass is 16.5. The Kier molecular flexibility index (Phi) is 6.07. The van der Waals surface area contributed by atoms with Crippen molar-refractivity contribution in [3.05, 3.63) is 17.8 Å². The Hall–Kier alpha value is -1.69. The summed E-state index contributed by atoms with van der Waals surface area (Å²) in [7, 11) is 1.64. The molecule has 0 aliphatic heterocycles. The predicted molar refractivity (Wildman–Crippen MR) is 69.6 cm³/mol. The summed E-state index contributed by atoms with van der Waals surface area (Å²) < 4.78 is 4.91. The van der Waals surface area contributed by atoms with Crippen LogP contribution in [-0.4, -0.2) is 54.4 Å². The fraction of sp³-hybridized carbons (Fsp3) is 0.583. The second-order valence-electron chi connectivity index (χ2n) is 3.70. The maximum Gasteiger partial charge on any atom is 0.274 e. The van der Waals surface area contributed by atoms with E-state index in [1.165, 1.54) is 0 Å². The molecule has 18 heavy (non-hydrogen) atoms. The van der Waals surface area contributed by atoms with Crippen LogP contribution in [0.15, 0.2) is 12.1 Å². The van der Waals surface area contributed by atoms with Gasteiger partial charge in [0.2, 0.25) is 0 Å². The van der Waals surface area contributed by atoms with Crippen molar-refractivity contribution in [2.24, 2.45) is 0 Å². The van der Waals surface area contributed by atoms with Crippen molar-refractivity contribution in [3.8, 4) is 0 Å². The largest absolute Gasteiger partial charge is 0.383 e. The van der Waals surface area contributed by atoms with Crippen LogP contribution in [-0.2, 0) is 4.74 Å². The molecule has 6 heteroatoms. The molecule has 6 nitrogen and oxygen atoms in total. The Morgan fingerprint density at radius 1 is 1.33 bits per heavy atom. The number of anilines is 1. The normalized spacial score (nSPS) is 10.2. The number of ether oxygens (including phenoxy) is 1. The summed E-state index contributed by atoms with van der Waals surface area (Å²) >= 11 is 0. The van der Waals surface area contributed by atoms with Gasteiger partial charge in [-0.2, -0.15) is 0 Å². The number of aromatic nitrogens is 2. The van der Waals surface area contributed by atoms with Crippen LogP contribution in [0.5, 0.6) is 0 Å². The van der Waals surface area contributed by atoms with Gasteiger partial charge in [-0.25, -0.2) is 0 Å². The zero-order valence-electron chi connectivity index (χ0n) is 11.1.